The van der Waals surface area contributed by atoms with E-state index >= 15 is 0 Å². The molecule has 0 saturated carbocycles. The van der Waals surface area contributed by atoms with Gasteiger partial charge in [-0.15, -0.1) is 0 Å². The minimum absolute atomic E-state index is 0.581. The average molecular weight is 267 g/mol. The average Bonchev–Trinajstić information content (AvgIpc) is 2.36. The number of hydrogen-bond donors (Lipinski definition) is 3. The molecular formula is C13H25N5O. The quantitative estimate of drug-likeness (QED) is 0.379. The fraction of sp³-hybridized carbons (Fsp3) is 0.692. The number of rotatable bonds is 8. The highest BCUT2D eigenvalue weighted by atomic mass is 16.5. The number of aryl methyl sites for hydroxylation is 1. The molecule has 0 atom stereocenters. The summed E-state index contributed by atoms with van der Waals surface area (Å²) in [6.07, 6.45) is 0.945. The minimum Gasteiger partial charge on any atom is -0.381 e. The molecule has 6 heteroatoms. The molecule has 108 valence electrons. The first-order chi connectivity index (χ1) is 9.04. The van der Waals surface area contributed by atoms with E-state index in [-0.39, 0.29) is 0 Å². The van der Waals surface area contributed by atoms with Gasteiger partial charge in [0.25, 0.3) is 0 Å². The third kappa shape index (κ3) is 5.40. The molecule has 1 heterocycles. The van der Waals surface area contributed by atoms with Crippen LogP contribution in [0.4, 0.5) is 11.6 Å². The lowest BCUT2D eigenvalue weighted by molar-refractivity contribution is 0.110. The van der Waals surface area contributed by atoms with E-state index in [1.54, 1.807) is 0 Å². The Morgan fingerprint density at radius 1 is 1.21 bits per heavy atom. The highest BCUT2D eigenvalue weighted by Crippen LogP contribution is 2.18. The van der Waals surface area contributed by atoms with Crippen LogP contribution in [0, 0.1) is 19.8 Å². The van der Waals surface area contributed by atoms with Gasteiger partial charge >= 0.3 is 0 Å². The Morgan fingerprint density at radius 3 is 2.53 bits per heavy atom. The second-order valence-electron chi connectivity index (χ2n) is 4.99. The van der Waals surface area contributed by atoms with Crippen LogP contribution in [0.2, 0.25) is 0 Å². The second-order valence-corrected chi connectivity index (χ2v) is 4.99. The van der Waals surface area contributed by atoms with Crippen molar-refractivity contribution in [3.63, 3.8) is 0 Å². The lowest BCUT2D eigenvalue weighted by Gasteiger charge is -2.12. The van der Waals surface area contributed by atoms with Gasteiger partial charge in [-0.1, -0.05) is 13.8 Å². The number of nitrogens with two attached hydrogens (primary N) is 1. The fourth-order valence-corrected chi connectivity index (χ4v) is 1.64. The van der Waals surface area contributed by atoms with Crippen molar-refractivity contribution in [1.82, 2.24) is 9.97 Å². The van der Waals surface area contributed by atoms with Crippen LogP contribution in [-0.4, -0.2) is 29.7 Å². The third-order valence-corrected chi connectivity index (χ3v) is 2.60. The Kier molecular flexibility index (Phi) is 6.52. The van der Waals surface area contributed by atoms with Gasteiger partial charge in [0.1, 0.15) is 17.5 Å². The maximum Gasteiger partial charge on any atom is 0.148 e. The molecule has 0 spiro atoms. The van der Waals surface area contributed by atoms with E-state index < -0.39 is 0 Å². The second kappa shape index (κ2) is 7.91. The monoisotopic (exact) mass is 267 g/mol. The summed E-state index contributed by atoms with van der Waals surface area (Å²) in [5, 5.41) is 3.29. The minimum atomic E-state index is 0.581. The van der Waals surface area contributed by atoms with Crippen LogP contribution in [-0.2, 0) is 4.74 Å². The van der Waals surface area contributed by atoms with Gasteiger partial charge in [0, 0.05) is 25.3 Å². The molecule has 0 bridgehead atoms. The predicted molar refractivity (Wildman–Crippen MR) is 78.1 cm³/mol. The molecule has 0 unspecified atom stereocenters. The number of aromatic nitrogens is 2. The number of nitrogens with one attached hydrogen (secondary N) is 2. The first-order valence-electron chi connectivity index (χ1n) is 6.68. The van der Waals surface area contributed by atoms with Crippen LogP contribution in [0.25, 0.3) is 0 Å². The van der Waals surface area contributed by atoms with Crippen LogP contribution in [0.15, 0.2) is 0 Å². The molecule has 1 aromatic rings. The van der Waals surface area contributed by atoms with Crippen LogP contribution >= 0.6 is 0 Å². The largest absolute Gasteiger partial charge is 0.381 e. The Morgan fingerprint density at radius 2 is 1.89 bits per heavy atom. The Bertz CT molecular complexity index is 395. The van der Waals surface area contributed by atoms with Gasteiger partial charge in [-0.25, -0.2) is 15.8 Å². The molecule has 0 saturated heterocycles. The standard InChI is InChI=1S/C13H25N5O/c1-9(2)8-19-7-5-6-15-12-10(3)13(18-14)17-11(4)16-12/h9H,5-8,14H2,1-4H3,(H2,15,16,17,18). The molecule has 0 aromatic carbocycles. The normalized spacial score (nSPS) is 10.8. The van der Waals surface area contributed by atoms with Crippen LogP contribution in [0.1, 0.15) is 31.7 Å². The van der Waals surface area contributed by atoms with E-state index in [2.05, 4.69) is 34.6 Å². The number of anilines is 2. The third-order valence-electron chi connectivity index (χ3n) is 2.60. The van der Waals surface area contributed by atoms with Gasteiger partial charge < -0.3 is 15.5 Å². The Hall–Kier alpha value is -1.40. The molecule has 0 aliphatic carbocycles. The molecule has 1 rings (SSSR count). The SMILES string of the molecule is Cc1nc(NN)c(C)c(NCCCOCC(C)C)n1. The van der Waals surface area contributed by atoms with Crippen molar-refractivity contribution < 1.29 is 4.74 Å². The summed E-state index contributed by atoms with van der Waals surface area (Å²) < 4.78 is 5.53. The molecular weight excluding hydrogens is 242 g/mol. The summed E-state index contributed by atoms with van der Waals surface area (Å²) in [4.78, 5) is 8.59. The van der Waals surface area contributed by atoms with Crippen molar-refractivity contribution in [1.29, 1.82) is 0 Å². The zero-order chi connectivity index (χ0) is 14.3. The van der Waals surface area contributed by atoms with Gasteiger partial charge in [0.2, 0.25) is 0 Å². The molecule has 0 aliphatic heterocycles. The molecule has 6 nitrogen and oxygen atoms in total. The van der Waals surface area contributed by atoms with Gasteiger partial charge in [0.05, 0.1) is 0 Å². The fourth-order valence-electron chi connectivity index (χ4n) is 1.64. The van der Waals surface area contributed by atoms with E-state index in [1.165, 1.54) is 0 Å². The van der Waals surface area contributed by atoms with E-state index in [9.17, 15) is 0 Å². The number of hydrazine groups is 1. The van der Waals surface area contributed by atoms with Crippen molar-refractivity contribution in [2.24, 2.45) is 11.8 Å². The van der Waals surface area contributed by atoms with Gasteiger partial charge in [-0.3, -0.25) is 0 Å². The summed E-state index contributed by atoms with van der Waals surface area (Å²) in [5.41, 5.74) is 3.51. The number of ether oxygens (including phenoxy) is 1. The summed E-state index contributed by atoms with van der Waals surface area (Å²) >= 11 is 0. The van der Waals surface area contributed by atoms with E-state index in [4.69, 9.17) is 10.6 Å². The maximum atomic E-state index is 5.53. The van der Waals surface area contributed by atoms with Gasteiger partial charge in [-0.2, -0.15) is 0 Å². The predicted octanol–water partition coefficient (Wildman–Crippen LogP) is 1.85. The smallest absolute Gasteiger partial charge is 0.148 e. The number of hydrogen-bond acceptors (Lipinski definition) is 6. The van der Waals surface area contributed by atoms with E-state index in [0.717, 1.165) is 37.6 Å². The van der Waals surface area contributed by atoms with Crippen molar-refractivity contribution in [2.75, 3.05) is 30.5 Å². The van der Waals surface area contributed by atoms with Crippen LogP contribution in [0.5, 0.6) is 0 Å². The Labute approximate surface area is 115 Å². The molecule has 0 amide bonds. The summed E-state index contributed by atoms with van der Waals surface area (Å²) in [6, 6.07) is 0. The molecule has 0 aliphatic rings. The lowest BCUT2D eigenvalue weighted by Crippen LogP contribution is -2.15. The summed E-state index contributed by atoms with van der Waals surface area (Å²) in [6.45, 7) is 10.5. The number of nitrogens with zero attached hydrogens (tertiary/aromatic N) is 2. The molecule has 1 aromatic heterocycles. The summed E-state index contributed by atoms with van der Waals surface area (Å²) in [5.74, 6) is 8.18. The first-order valence-corrected chi connectivity index (χ1v) is 6.68. The Balaban J connectivity index is 2.39. The molecule has 0 fully saturated rings. The highest BCUT2D eigenvalue weighted by Gasteiger charge is 2.07. The van der Waals surface area contributed by atoms with Crippen molar-refractivity contribution >= 4 is 11.6 Å². The topological polar surface area (TPSA) is 85.1 Å². The zero-order valence-electron chi connectivity index (χ0n) is 12.3. The van der Waals surface area contributed by atoms with Crippen LogP contribution < -0.4 is 16.6 Å². The molecule has 4 N–H and O–H groups in total. The van der Waals surface area contributed by atoms with E-state index in [1.807, 2.05) is 13.8 Å². The van der Waals surface area contributed by atoms with Crippen LogP contribution in [0.3, 0.4) is 0 Å². The van der Waals surface area contributed by atoms with Crippen molar-refractivity contribution in [2.45, 2.75) is 34.1 Å². The lowest BCUT2D eigenvalue weighted by atomic mass is 10.2. The molecule has 19 heavy (non-hydrogen) atoms. The maximum absolute atomic E-state index is 5.53. The van der Waals surface area contributed by atoms with E-state index in [0.29, 0.717) is 17.6 Å². The highest BCUT2D eigenvalue weighted by molar-refractivity contribution is 5.56. The van der Waals surface area contributed by atoms with Crippen molar-refractivity contribution in [3.8, 4) is 0 Å². The van der Waals surface area contributed by atoms with Gasteiger partial charge in [-0.05, 0) is 26.2 Å². The van der Waals surface area contributed by atoms with Crippen molar-refractivity contribution in [3.05, 3.63) is 11.4 Å². The zero-order valence-corrected chi connectivity index (χ0v) is 12.3. The summed E-state index contributed by atoms with van der Waals surface area (Å²) in [7, 11) is 0. The van der Waals surface area contributed by atoms with Gasteiger partial charge in [0.15, 0.2) is 0 Å². The number of nitrogen functional groups attached to an aromatic ring is 1. The molecule has 0 radical (unpaired) electrons. The first kappa shape index (κ1) is 15.7.